The van der Waals surface area contributed by atoms with Crippen LogP contribution in [0.2, 0.25) is 0 Å². The summed E-state index contributed by atoms with van der Waals surface area (Å²) in [6.07, 6.45) is 3.89. The first kappa shape index (κ1) is 13.9. The van der Waals surface area contributed by atoms with Crippen molar-refractivity contribution in [2.24, 2.45) is 11.8 Å². The van der Waals surface area contributed by atoms with Crippen LogP contribution in [-0.2, 0) is 16.0 Å². The van der Waals surface area contributed by atoms with Crippen LogP contribution in [0.5, 0.6) is 5.75 Å². The minimum absolute atomic E-state index is 0.180. The largest absolute Gasteiger partial charge is 0.493 e. The average Bonchev–Trinajstić information content (AvgIpc) is 2.94. The summed E-state index contributed by atoms with van der Waals surface area (Å²) < 4.78 is 5.43. The number of fused-ring (bicyclic) bond motifs is 1. The van der Waals surface area contributed by atoms with Gasteiger partial charge in [-0.1, -0.05) is 12.8 Å². The fourth-order valence-corrected chi connectivity index (χ4v) is 3.24. The SMILES string of the molecule is O=C(O)[C@H]1CCCC[C@H]1C(=O)Nc1ccc2c(c1)CCO2. The van der Waals surface area contributed by atoms with Gasteiger partial charge in [0, 0.05) is 12.1 Å². The molecule has 2 atom stereocenters. The number of carboxylic acid groups (broad SMARTS) is 1. The van der Waals surface area contributed by atoms with Crippen LogP contribution in [0.1, 0.15) is 31.2 Å². The van der Waals surface area contributed by atoms with Gasteiger partial charge in [-0.2, -0.15) is 0 Å². The van der Waals surface area contributed by atoms with Crippen molar-refractivity contribution < 1.29 is 19.4 Å². The van der Waals surface area contributed by atoms with Gasteiger partial charge in [0.15, 0.2) is 0 Å². The predicted molar refractivity (Wildman–Crippen MR) is 77.4 cm³/mol. The second-order valence-corrected chi connectivity index (χ2v) is 5.75. The molecule has 1 aliphatic heterocycles. The smallest absolute Gasteiger partial charge is 0.307 e. The van der Waals surface area contributed by atoms with E-state index in [0.717, 1.165) is 36.3 Å². The highest BCUT2D eigenvalue weighted by atomic mass is 16.5. The van der Waals surface area contributed by atoms with Gasteiger partial charge in [0.1, 0.15) is 5.75 Å². The Hall–Kier alpha value is -2.04. The zero-order chi connectivity index (χ0) is 14.8. The van der Waals surface area contributed by atoms with Crippen molar-refractivity contribution in [1.29, 1.82) is 0 Å². The van der Waals surface area contributed by atoms with Gasteiger partial charge in [-0.3, -0.25) is 9.59 Å². The van der Waals surface area contributed by atoms with E-state index in [1.165, 1.54) is 0 Å². The van der Waals surface area contributed by atoms with Crippen molar-refractivity contribution in [2.45, 2.75) is 32.1 Å². The van der Waals surface area contributed by atoms with Gasteiger partial charge in [0.05, 0.1) is 18.4 Å². The summed E-state index contributed by atoms with van der Waals surface area (Å²) >= 11 is 0. The maximum Gasteiger partial charge on any atom is 0.307 e. The summed E-state index contributed by atoms with van der Waals surface area (Å²) in [6, 6.07) is 5.58. The molecule has 0 aromatic heterocycles. The number of benzene rings is 1. The van der Waals surface area contributed by atoms with Gasteiger partial charge < -0.3 is 15.2 Å². The molecule has 1 aromatic rings. The molecule has 2 aliphatic rings. The lowest BCUT2D eigenvalue weighted by atomic mass is 9.78. The van der Waals surface area contributed by atoms with Crippen molar-refractivity contribution in [3.63, 3.8) is 0 Å². The van der Waals surface area contributed by atoms with E-state index in [-0.39, 0.29) is 5.91 Å². The third-order valence-corrected chi connectivity index (χ3v) is 4.38. The van der Waals surface area contributed by atoms with Crippen LogP contribution < -0.4 is 10.1 Å². The molecule has 0 saturated heterocycles. The molecule has 1 fully saturated rings. The van der Waals surface area contributed by atoms with Crippen molar-refractivity contribution >= 4 is 17.6 Å². The number of nitrogens with one attached hydrogen (secondary N) is 1. The molecular weight excluding hydrogens is 270 g/mol. The van der Waals surface area contributed by atoms with Gasteiger partial charge in [-0.05, 0) is 36.6 Å². The molecule has 0 spiro atoms. The number of carboxylic acids is 1. The maximum absolute atomic E-state index is 12.4. The fraction of sp³-hybridized carbons (Fsp3) is 0.500. The van der Waals surface area contributed by atoms with Crippen molar-refractivity contribution in [1.82, 2.24) is 0 Å². The summed E-state index contributed by atoms with van der Waals surface area (Å²) in [5.74, 6) is -1.16. The van der Waals surface area contributed by atoms with Crippen LogP contribution in [0.4, 0.5) is 5.69 Å². The Bertz CT molecular complexity index is 569. The number of hydrogen-bond donors (Lipinski definition) is 2. The molecule has 5 heteroatoms. The number of hydrogen-bond acceptors (Lipinski definition) is 3. The molecule has 1 heterocycles. The maximum atomic E-state index is 12.4. The molecule has 21 heavy (non-hydrogen) atoms. The van der Waals surface area contributed by atoms with Crippen LogP contribution >= 0.6 is 0 Å². The van der Waals surface area contributed by atoms with Crippen LogP contribution in [-0.4, -0.2) is 23.6 Å². The molecule has 1 aromatic carbocycles. The molecule has 0 unspecified atom stereocenters. The number of amides is 1. The highest BCUT2D eigenvalue weighted by molar-refractivity contribution is 5.95. The number of carbonyl (C=O) groups is 2. The minimum Gasteiger partial charge on any atom is -0.493 e. The minimum atomic E-state index is -0.864. The lowest BCUT2D eigenvalue weighted by Crippen LogP contribution is -2.36. The van der Waals surface area contributed by atoms with Gasteiger partial charge in [0.25, 0.3) is 0 Å². The predicted octanol–water partition coefficient (Wildman–Crippen LogP) is 2.45. The Morgan fingerprint density at radius 2 is 1.95 bits per heavy atom. The molecular formula is C16H19NO4. The number of aliphatic carboxylic acids is 1. The summed E-state index contributed by atoms with van der Waals surface area (Å²) in [6.45, 7) is 0.677. The Kier molecular flexibility index (Phi) is 3.82. The molecule has 1 aliphatic carbocycles. The molecule has 0 bridgehead atoms. The van der Waals surface area contributed by atoms with E-state index in [2.05, 4.69) is 5.32 Å². The highest BCUT2D eigenvalue weighted by Crippen LogP contribution is 2.32. The topological polar surface area (TPSA) is 75.6 Å². The van der Waals surface area contributed by atoms with Crippen LogP contribution in [0, 0.1) is 11.8 Å². The van der Waals surface area contributed by atoms with Gasteiger partial charge >= 0.3 is 5.97 Å². The zero-order valence-electron chi connectivity index (χ0n) is 11.8. The van der Waals surface area contributed by atoms with Crippen LogP contribution in [0.15, 0.2) is 18.2 Å². The van der Waals surface area contributed by atoms with Crippen LogP contribution in [0.3, 0.4) is 0 Å². The summed E-state index contributed by atoms with van der Waals surface area (Å²) in [5.41, 5.74) is 1.81. The Labute approximate surface area is 123 Å². The van der Waals surface area contributed by atoms with E-state index in [0.29, 0.717) is 19.4 Å². The molecule has 112 valence electrons. The third-order valence-electron chi connectivity index (χ3n) is 4.38. The van der Waals surface area contributed by atoms with E-state index in [4.69, 9.17) is 4.74 Å². The van der Waals surface area contributed by atoms with Crippen LogP contribution in [0.25, 0.3) is 0 Å². The van der Waals surface area contributed by atoms with E-state index in [9.17, 15) is 14.7 Å². The van der Waals surface area contributed by atoms with E-state index < -0.39 is 17.8 Å². The van der Waals surface area contributed by atoms with Crippen molar-refractivity contribution in [2.75, 3.05) is 11.9 Å². The first-order valence-corrected chi connectivity index (χ1v) is 7.44. The normalized spacial score (nSPS) is 24.0. The Morgan fingerprint density at radius 3 is 2.71 bits per heavy atom. The van der Waals surface area contributed by atoms with E-state index in [1.54, 1.807) is 6.07 Å². The van der Waals surface area contributed by atoms with Gasteiger partial charge in [-0.25, -0.2) is 0 Å². The third kappa shape index (κ3) is 2.86. The van der Waals surface area contributed by atoms with E-state index >= 15 is 0 Å². The number of ether oxygens (including phenoxy) is 1. The lowest BCUT2D eigenvalue weighted by molar-refractivity contribution is -0.147. The molecule has 2 N–H and O–H groups in total. The standard InChI is InChI=1S/C16H19NO4/c18-15(12-3-1-2-4-13(12)16(19)20)17-11-5-6-14-10(9-11)7-8-21-14/h5-6,9,12-13H,1-4,7-8H2,(H,17,18)(H,19,20)/t12-,13+/m1/s1. The molecule has 3 rings (SSSR count). The average molecular weight is 289 g/mol. The second kappa shape index (κ2) is 5.76. The first-order valence-electron chi connectivity index (χ1n) is 7.44. The van der Waals surface area contributed by atoms with Gasteiger partial charge in [-0.15, -0.1) is 0 Å². The summed E-state index contributed by atoms with van der Waals surface area (Å²) in [5, 5.41) is 12.1. The molecule has 1 saturated carbocycles. The zero-order valence-corrected chi connectivity index (χ0v) is 11.8. The Morgan fingerprint density at radius 1 is 1.19 bits per heavy atom. The van der Waals surface area contributed by atoms with Crippen molar-refractivity contribution in [3.05, 3.63) is 23.8 Å². The lowest BCUT2D eigenvalue weighted by Gasteiger charge is -2.27. The highest BCUT2D eigenvalue weighted by Gasteiger charge is 2.35. The molecule has 5 nitrogen and oxygen atoms in total. The monoisotopic (exact) mass is 289 g/mol. The summed E-state index contributed by atoms with van der Waals surface area (Å²) in [4.78, 5) is 23.7. The molecule has 1 amide bonds. The first-order chi connectivity index (χ1) is 10.1. The number of rotatable bonds is 3. The fourth-order valence-electron chi connectivity index (χ4n) is 3.24. The quantitative estimate of drug-likeness (QED) is 0.896. The van der Waals surface area contributed by atoms with Crippen molar-refractivity contribution in [3.8, 4) is 5.75 Å². The number of anilines is 1. The van der Waals surface area contributed by atoms with Gasteiger partial charge in [0.2, 0.25) is 5.91 Å². The summed E-state index contributed by atoms with van der Waals surface area (Å²) in [7, 11) is 0. The Balaban J connectivity index is 1.71. The van der Waals surface area contributed by atoms with E-state index in [1.807, 2.05) is 12.1 Å². The second-order valence-electron chi connectivity index (χ2n) is 5.75. The number of carbonyl (C=O) groups excluding carboxylic acids is 1. The molecule has 0 radical (unpaired) electrons.